The Balaban J connectivity index is 1.69. The van der Waals surface area contributed by atoms with Crippen molar-refractivity contribution in [3.63, 3.8) is 0 Å². The molecule has 0 amide bonds. The van der Waals surface area contributed by atoms with Gasteiger partial charge in [-0.25, -0.2) is 4.98 Å². The minimum absolute atomic E-state index is 0.231. The number of nitrogens with zero attached hydrogens (tertiary/aromatic N) is 2. The van der Waals surface area contributed by atoms with E-state index in [4.69, 9.17) is 4.74 Å². The van der Waals surface area contributed by atoms with Crippen LogP contribution in [0, 0.1) is 0 Å². The van der Waals surface area contributed by atoms with E-state index in [1.165, 1.54) is 0 Å². The molecule has 1 aliphatic rings. The number of nitrogens with one attached hydrogen (secondary N) is 1. The zero-order valence-corrected chi connectivity index (χ0v) is 12.9. The Kier molecular flexibility index (Phi) is 5.45. The predicted octanol–water partition coefficient (Wildman–Crippen LogP) is 3.07. The summed E-state index contributed by atoms with van der Waals surface area (Å²) in [5.74, 6) is 0. The van der Waals surface area contributed by atoms with E-state index in [1.807, 2.05) is 0 Å². The highest BCUT2D eigenvalue weighted by molar-refractivity contribution is 7.15. The van der Waals surface area contributed by atoms with Gasteiger partial charge in [0.15, 0.2) is 5.13 Å². The van der Waals surface area contributed by atoms with Gasteiger partial charge in [0.1, 0.15) is 4.88 Å². The first-order valence-corrected chi connectivity index (χ1v) is 7.81. The van der Waals surface area contributed by atoms with E-state index in [9.17, 15) is 13.2 Å². The van der Waals surface area contributed by atoms with Gasteiger partial charge in [-0.05, 0) is 20.3 Å². The van der Waals surface area contributed by atoms with Crippen LogP contribution in [0.3, 0.4) is 0 Å². The number of halogens is 3. The van der Waals surface area contributed by atoms with Crippen molar-refractivity contribution in [2.75, 3.05) is 31.5 Å². The van der Waals surface area contributed by atoms with Crippen molar-refractivity contribution in [1.82, 2.24) is 9.88 Å². The lowest BCUT2D eigenvalue weighted by molar-refractivity contribution is -0.134. The summed E-state index contributed by atoms with van der Waals surface area (Å²) < 4.78 is 42.9. The fourth-order valence-electron chi connectivity index (χ4n) is 2.45. The second kappa shape index (κ2) is 6.93. The third-order valence-corrected chi connectivity index (χ3v) is 4.21. The number of rotatable bonds is 5. The van der Waals surface area contributed by atoms with Gasteiger partial charge in [0, 0.05) is 26.2 Å². The third-order valence-electron chi connectivity index (χ3n) is 3.21. The Bertz CT molecular complexity index is 442. The molecule has 2 heterocycles. The first-order valence-electron chi connectivity index (χ1n) is 6.99. The van der Waals surface area contributed by atoms with Crippen LogP contribution in [-0.4, -0.2) is 48.3 Å². The highest BCUT2D eigenvalue weighted by atomic mass is 32.1. The summed E-state index contributed by atoms with van der Waals surface area (Å²) in [6.07, 6.45) is -2.11. The van der Waals surface area contributed by atoms with Crippen LogP contribution in [0.15, 0.2) is 6.20 Å². The van der Waals surface area contributed by atoms with E-state index in [1.54, 1.807) is 0 Å². The Morgan fingerprint density at radius 1 is 1.38 bits per heavy atom. The molecule has 0 saturated carbocycles. The van der Waals surface area contributed by atoms with Crippen LogP contribution < -0.4 is 5.32 Å². The average molecular weight is 323 g/mol. The minimum Gasteiger partial charge on any atom is -0.373 e. The maximum Gasteiger partial charge on any atom is 0.427 e. The summed E-state index contributed by atoms with van der Waals surface area (Å²) >= 11 is 0.646. The second-order valence-corrected chi connectivity index (χ2v) is 6.36. The molecule has 0 aliphatic carbocycles. The number of aromatic nitrogens is 1. The van der Waals surface area contributed by atoms with Gasteiger partial charge >= 0.3 is 6.18 Å². The van der Waals surface area contributed by atoms with Gasteiger partial charge in [-0.1, -0.05) is 11.3 Å². The molecule has 2 rings (SSSR count). The maximum atomic E-state index is 12.4. The lowest BCUT2D eigenvalue weighted by Crippen LogP contribution is -2.45. The zero-order chi connectivity index (χ0) is 15.5. The predicted molar refractivity (Wildman–Crippen MR) is 76.7 cm³/mol. The number of morpholine rings is 1. The van der Waals surface area contributed by atoms with Crippen LogP contribution in [-0.2, 0) is 10.9 Å². The van der Waals surface area contributed by atoms with Crippen molar-refractivity contribution in [2.24, 2.45) is 0 Å². The molecule has 0 aromatic carbocycles. The number of anilines is 1. The van der Waals surface area contributed by atoms with Crippen LogP contribution in [0.2, 0.25) is 0 Å². The largest absolute Gasteiger partial charge is 0.427 e. The van der Waals surface area contributed by atoms with Crippen LogP contribution >= 0.6 is 11.3 Å². The molecule has 21 heavy (non-hydrogen) atoms. The molecule has 1 saturated heterocycles. The van der Waals surface area contributed by atoms with Crippen LogP contribution in [0.4, 0.5) is 18.3 Å². The van der Waals surface area contributed by atoms with E-state index in [-0.39, 0.29) is 12.2 Å². The number of alkyl halides is 3. The smallest absolute Gasteiger partial charge is 0.373 e. The van der Waals surface area contributed by atoms with E-state index in [0.717, 1.165) is 32.3 Å². The Morgan fingerprint density at radius 2 is 2.05 bits per heavy atom. The molecule has 0 spiro atoms. The number of ether oxygens (including phenoxy) is 1. The second-order valence-electron chi connectivity index (χ2n) is 5.32. The van der Waals surface area contributed by atoms with Crippen molar-refractivity contribution in [1.29, 1.82) is 0 Å². The van der Waals surface area contributed by atoms with Gasteiger partial charge in [-0.15, -0.1) is 0 Å². The topological polar surface area (TPSA) is 37.4 Å². The van der Waals surface area contributed by atoms with Crippen molar-refractivity contribution < 1.29 is 17.9 Å². The molecule has 4 nitrogen and oxygen atoms in total. The molecule has 0 radical (unpaired) electrons. The molecule has 1 aliphatic heterocycles. The van der Waals surface area contributed by atoms with E-state index < -0.39 is 11.1 Å². The fourth-order valence-corrected chi connectivity index (χ4v) is 3.16. The molecule has 0 bridgehead atoms. The van der Waals surface area contributed by atoms with E-state index in [2.05, 4.69) is 29.0 Å². The standard InChI is InChI=1S/C13H20F3N3OS/c1-9-7-19(8-10(2)20-9)5-3-4-17-12-18-6-11(21-12)13(14,15)16/h6,9-10H,3-5,7-8H2,1-2H3,(H,17,18). The van der Waals surface area contributed by atoms with Crippen LogP contribution in [0.25, 0.3) is 0 Å². The van der Waals surface area contributed by atoms with Crippen molar-refractivity contribution in [3.8, 4) is 0 Å². The fraction of sp³-hybridized carbons (Fsp3) is 0.769. The van der Waals surface area contributed by atoms with Crippen molar-refractivity contribution in [2.45, 2.75) is 38.7 Å². The third kappa shape index (κ3) is 5.12. The molecule has 8 heteroatoms. The molecule has 1 N–H and O–H groups in total. The van der Waals surface area contributed by atoms with Gasteiger partial charge in [0.25, 0.3) is 0 Å². The van der Waals surface area contributed by atoms with Gasteiger partial charge < -0.3 is 10.1 Å². The first-order chi connectivity index (χ1) is 9.84. The molecule has 120 valence electrons. The molecular formula is C13H20F3N3OS. The molecule has 2 unspecified atom stereocenters. The number of hydrogen-bond donors (Lipinski definition) is 1. The summed E-state index contributed by atoms with van der Waals surface area (Å²) in [7, 11) is 0. The lowest BCUT2D eigenvalue weighted by atomic mass is 10.2. The highest BCUT2D eigenvalue weighted by Gasteiger charge is 2.33. The summed E-state index contributed by atoms with van der Waals surface area (Å²) in [6.45, 7) is 7.43. The summed E-state index contributed by atoms with van der Waals surface area (Å²) in [6, 6.07) is 0. The average Bonchev–Trinajstić information content (AvgIpc) is 2.82. The van der Waals surface area contributed by atoms with Gasteiger partial charge in [-0.3, -0.25) is 4.90 Å². The monoisotopic (exact) mass is 323 g/mol. The molecule has 2 atom stereocenters. The molecule has 1 aromatic heterocycles. The Morgan fingerprint density at radius 3 is 2.62 bits per heavy atom. The number of hydrogen-bond acceptors (Lipinski definition) is 5. The number of thiazole rings is 1. The van der Waals surface area contributed by atoms with Crippen molar-refractivity contribution in [3.05, 3.63) is 11.1 Å². The van der Waals surface area contributed by atoms with Gasteiger partial charge in [-0.2, -0.15) is 13.2 Å². The maximum absolute atomic E-state index is 12.4. The quantitative estimate of drug-likeness (QED) is 0.845. The van der Waals surface area contributed by atoms with Gasteiger partial charge in [0.05, 0.1) is 18.4 Å². The highest BCUT2D eigenvalue weighted by Crippen LogP contribution is 2.34. The van der Waals surface area contributed by atoms with Crippen LogP contribution in [0.5, 0.6) is 0 Å². The van der Waals surface area contributed by atoms with Crippen LogP contribution in [0.1, 0.15) is 25.1 Å². The van der Waals surface area contributed by atoms with Crippen molar-refractivity contribution >= 4 is 16.5 Å². The summed E-state index contributed by atoms with van der Waals surface area (Å²) in [5, 5.41) is 3.27. The molecular weight excluding hydrogens is 303 g/mol. The zero-order valence-electron chi connectivity index (χ0n) is 12.1. The molecule has 1 aromatic rings. The molecule has 1 fully saturated rings. The normalized spacial score (nSPS) is 24.2. The summed E-state index contributed by atoms with van der Waals surface area (Å²) in [4.78, 5) is 5.40. The van der Waals surface area contributed by atoms with E-state index in [0.29, 0.717) is 23.0 Å². The SMILES string of the molecule is CC1CN(CCCNc2ncc(C(F)(F)F)s2)CC(C)O1. The first kappa shape index (κ1) is 16.5. The van der Waals surface area contributed by atoms with E-state index >= 15 is 0 Å². The van der Waals surface area contributed by atoms with Gasteiger partial charge in [0.2, 0.25) is 0 Å². The Labute approximate surface area is 126 Å². The lowest BCUT2D eigenvalue weighted by Gasteiger charge is -2.35. The summed E-state index contributed by atoms with van der Waals surface area (Å²) in [5.41, 5.74) is 0. The minimum atomic E-state index is -4.31. The Hall–Kier alpha value is -0.860.